The number of halogens is 3. The number of hydroxylamine groups is 2. The number of rotatable bonds is 10. The van der Waals surface area contributed by atoms with Gasteiger partial charge in [-0.1, -0.05) is 29.8 Å². The fourth-order valence-electron chi connectivity index (χ4n) is 3.25. The lowest BCUT2D eigenvalue weighted by atomic mass is 10.1. The lowest BCUT2D eigenvalue weighted by Crippen LogP contribution is -2.53. The molecule has 0 saturated carbocycles. The number of nitrogens with one attached hydrogen (secondary N) is 3. The largest absolute Gasteiger partial charge is 0.416 e. The van der Waals surface area contributed by atoms with Gasteiger partial charge in [0.15, 0.2) is 0 Å². The smallest absolute Gasteiger partial charge is 0.343 e. The van der Waals surface area contributed by atoms with Crippen LogP contribution in [0.2, 0.25) is 0 Å². The highest BCUT2D eigenvalue weighted by Crippen LogP contribution is 2.29. The van der Waals surface area contributed by atoms with E-state index >= 15 is 0 Å². The minimum atomic E-state index is -4.60. The van der Waals surface area contributed by atoms with E-state index in [0.29, 0.717) is 12.6 Å². The average Bonchev–Trinajstić information content (AvgIpc) is 2.81. The number of nitrogens with zero attached hydrogens (tertiary/aromatic N) is 1. The second kappa shape index (κ2) is 12.3. The van der Waals surface area contributed by atoms with E-state index in [4.69, 9.17) is 4.84 Å². The number of hydrogen-bond acceptors (Lipinski definition) is 5. The van der Waals surface area contributed by atoms with Crippen molar-refractivity contribution in [2.75, 3.05) is 27.2 Å². The Morgan fingerprint density at radius 2 is 1.80 bits per heavy atom. The van der Waals surface area contributed by atoms with E-state index in [0.717, 1.165) is 33.9 Å². The molecule has 2 aromatic carbocycles. The molecule has 35 heavy (non-hydrogen) atoms. The minimum absolute atomic E-state index is 0.0766. The summed E-state index contributed by atoms with van der Waals surface area (Å²) in [5.41, 5.74) is 2.02. The number of benzene rings is 2. The van der Waals surface area contributed by atoms with E-state index < -0.39 is 42.0 Å². The maximum Gasteiger partial charge on any atom is 0.416 e. The van der Waals surface area contributed by atoms with Gasteiger partial charge in [0.1, 0.15) is 6.04 Å². The first-order valence-corrected chi connectivity index (χ1v) is 10.8. The number of alkyl halides is 3. The number of carbonyl (C=O) groups excluding carboxylic acids is 3. The highest BCUT2D eigenvalue weighted by Gasteiger charge is 2.31. The van der Waals surface area contributed by atoms with Gasteiger partial charge in [-0.05, 0) is 43.2 Å². The van der Waals surface area contributed by atoms with Crippen LogP contribution in [0.15, 0.2) is 42.5 Å². The minimum Gasteiger partial charge on any atom is -0.343 e. The topological polar surface area (TPSA) is 99.8 Å². The molecular weight excluding hydrogens is 465 g/mol. The van der Waals surface area contributed by atoms with E-state index in [2.05, 4.69) is 16.0 Å². The summed E-state index contributed by atoms with van der Waals surface area (Å²) in [4.78, 5) is 42.1. The van der Waals surface area contributed by atoms with Crippen molar-refractivity contribution in [1.82, 2.24) is 21.0 Å². The normalized spacial score (nSPS) is 12.1. The first kappa shape index (κ1) is 27.8. The van der Waals surface area contributed by atoms with Crippen molar-refractivity contribution in [2.24, 2.45) is 0 Å². The number of aryl methyl sites for hydroxylation is 2. The van der Waals surface area contributed by atoms with Crippen LogP contribution < -0.4 is 16.0 Å². The van der Waals surface area contributed by atoms with E-state index in [9.17, 15) is 27.6 Å². The van der Waals surface area contributed by atoms with Gasteiger partial charge in [0.25, 0.3) is 11.8 Å². The van der Waals surface area contributed by atoms with Crippen molar-refractivity contribution in [2.45, 2.75) is 32.6 Å². The first-order valence-electron chi connectivity index (χ1n) is 10.8. The summed E-state index contributed by atoms with van der Waals surface area (Å²) in [5.74, 6) is -2.07. The third kappa shape index (κ3) is 8.37. The fraction of sp³-hybridized carbons (Fsp3) is 0.375. The molecule has 1 atom stereocenters. The van der Waals surface area contributed by atoms with Crippen LogP contribution in [0.1, 0.15) is 32.6 Å². The molecule has 0 aliphatic heterocycles. The summed E-state index contributed by atoms with van der Waals surface area (Å²) in [6.07, 6.45) is -4.60. The van der Waals surface area contributed by atoms with Crippen LogP contribution in [-0.2, 0) is 27.1 Å². The fourth-order valence-corrected chi connectivity index (χ4v) is 3.25. The van der Waals surface area contributed by atoms with E-state index in [-0.39, 0.29) is 12.1 Å². The third-order valence-corrected chi connectivity index (χ3v) is 5.24. The molecule has 0 aliphatic carbocycles. The number of amides is 3. The van der Waals surface area contributed by atoms with Gasteiger partial charge >= 0.3 is 6.18 Å². The molecule has 190 valence electrons. The first-order chi connectivity index (χ1) is 16.4. The monoisotopic (exact) mass is 494 g/mol. The molecular formula is C24H29F3N4O4. The van der Waals surface area contributed by atoms with Crippen LogP contribution in [-0.4, -0.2) is 56.1 Å². The molecule has 0 heterocycles. The summed E-state index contributed by atoms with van der Waals surface area (Å²) in [6.45, 7) is 3.95. The Labute approximate surface area is 201 Å². The van der Waals surface area contributed by atoms with Crippen molar-refractivity contribution < 1.29 is 32.4 Å². The zero-order valence-electron chi connectivity index (χ0n) is 20.0. The van der Waals surface area contributed by atoms with Crippen molar-refractivity contribution >= 4 is 17.7 Å². The SMILES string of the molecule is CON(C)C(=O)C(CNCc1ccc(C)cc1C)NC(=O)CNC(=O)c1cccc(C(F)(F)F)c1. The van der Waals surface area contributed by atoms with E-state index in [1.807, 2.05) is 32.0 Å². The molecule has 0 aliphatic rings. The van der Waals surface area contributed by atoms with Crippen molar-refractivity contribution in [3.63, 3.8) is 0 Å². The van der Waals surface area contributed by atoms with Crippen LogP contribution in [0.25, 0.3) is 0 Å². The van der Waals surface area contributed by atoms with Gasteiger partial charge in [0.2, 0.25) is 5.91 Å². The Hall–Kier alpha value is -3.44. The highest BCUT2D eigenvalue weighted by atomic mass is 19.4. The Morgan fingerprint density at radius 3 is 2.43 bits per heavy atom. The molecule has 3 N–H and O–H groups in total. The van der Waals surface area contributed by atoms with Gasteiger partial charge in [0.05, 0.1) is 19.2 Å². The molecule has 0 saturated heterocycles. The molecule has 0 fully saturated rings. The van der Waals surface area contributed by atoms with Crippen LogP contribution in [0.3, 0.4) is 0 Å². The Morgan fingerprint density at radius 1 is 1.09 bits per heavy atom. The zero-order chi connectivity index (χ0) is 26.2. The lowest BCUT2D eigenvalue weighted by molar-refractivity contribution is -0.171. The Balaban J connectivity index is 1.97. The molecule has 2 aromatic rings. The van der Waals surface area contributed by atoms with Gasteiger partial charge in [-0.25, -0.2) is 5.06 Å². The molecule has 8 nitrogen and oxygen atoms in total. The summed E-state index contributed by atoms with van der Waals surface area (Å²) < 4.78 is 38.6. The van der Waals surface area contributed by atoms with Gasteiger partial charge in [-0.2, -0.15) is 13.2 Å². The Bertz CT molecular complexity index is 1060. The number of carbonyl (C=O) groups is 3. The maximum atomic E-state index is 12.9. The molecule has 0 bridgehead atoms. The standard InChI is InChI=1S/C24H29F3N4O4/c1-15-8-9-18(16(2)10-15)12-28-13-20(23(34)31(3)35-4)30-21(32)14-29-22(33)17-6-5-7-19(11-17)24(25,26)27/h5-11,20,28H,12-14H2,1-4H3,(H,29,33)(H,30,32). The summed E-state index contributed by atoms with van der Waals surface area (Å²) in [5, 5.41) is 8.87. The van der Waals surface area contributed by atoms with Crippen LogP contribution in [0, 0.1) is 13.8 Å². The summed E-state index contributed by atoms with van der Waals surface area (Å²) >= 11 is 0. The van der Waals surface area contributed by atoms with Crippen molar-refractivity contribution in [1.29, 1.82) is 0 Å². The second-order valence-corrected chi connectivity index (χ2v) is 7.96. The predicted octanol–water partition coefficient (Wildman–Crippen LogP) is 2.35. The van der Waals surface area contributed by atoms with Crippen LogP contribution >= 0.6 is 0 Å². The van der Waals surface area contributed by atoms with E-state index in [1.54, 1.807) is 0 Å². The van der Waals surface area contributed by atoms with Gasteiger partial charge in [-0.15, -0.1) is 0 Å². The predicted molar refractivity (Wildman–Crippen MR) is 123 cm³/mol. The van der Waals surface area contributed by atoms with E-state index in [1.165, 1.54) is 20.2 Å². The average molecular weight is 495 g/mol. The summed E-state index contributed by atoms with van der Waals surface area (Å²) in [6, 6.07) is 8.82. The molecule has 3 amide bonds. The van der Waals surface area contributed by atoms with Crippen LogP contribution in [0.4, 0.5) is 13.2 Å². The van der Waals surface area contributed by atoms with Crippen molar-refractivity contribution in [3.8, 4) is 0 Å². The summed E-state index contributed by atoms with van der Waals surface area (Å²) in [7, 11) is 2.69. The molecule has 0 aromatic heterocycles. The number of likely N-dealkylation sites (N-methyl/N-ethyl adjacent to an activating group) is 1. The second-order valence-electron chi connectivity index (χ2n) is 7.96. The van der Waals surface area contributed by atoms with Gasteiger partial charge in [0, 0.05) is 25.7 Å². The molecule has 2 rings (SSSR count). The van der Waals surface area contributed by atoms with Crippen LogP contribution in [0.5, 0.6) is 0 Å². The lowest BCUT2D eigenvalue weighted by Gasteiger charge is -2.23. The zero-order valence-corrected chi connectivity index (χ0v) is 20.0. The molecule has 1 unspecified atom stereocenters. The molecule has 11 heteroatoms. The molecule has 0 radical (unpaired) electrons. The van der Waals surface area contributed by atoms with Crippen molar-refractivity contribution in [3.05, 3.63) is 70.3 Å². The molecule has 0 spiro atoms. The third-order valence-electron chi connectivity index (χ3n) is 5.24. The Kier molecular flexibility index (Phi) is 9.78. The van der Waals surface area contributed by atoms with Gasteiger partial charge < -0.3 is 16.0 Å². The quantitative estimate of drug-likeness (QED) is 0.441. The number of hydrogen-bond donors (Lipinski definition) is 3. The maximum absolute atomic E-state index is 12.9. The highest BCUT2D eigenvalue weighted by molar-refractivity contribution is 5.97. The van der Waals surface area contributed by atoms with Gasteiger partial charge in [-0.3, -0.25) is 19.2 Å².